The van der Waals surface area contributed by atoms with E-state index in [0.29, 0.717) is 5.75 Å². The molecule has 0 unspecified atom stereocenters. The minimum absolute atomic E-state index is 0.544. The summed E-state index contributed by atoms with van der Waals surface area (Å²) in [6.07, 6.45) is 27.7. The Balaban J connectivity index is 2.51. The van der Waals surface area contributed by atoms with Crippen LogP contribution in [0.3, 0.4) is 0 Å². The normalized spacial score (nSPS) is 11.3. The Morgan fingerprint density at radius 2 is 0.871 bits per heavy atom. The second-order valence-corrected chi connectivity index (χ2v) is 9.75. The van der Waals surface area contributed by atoms with Crippen LogP contribution in [0.2, 0.25) is 0 Å². The molecule has 0 aliphatic heterocycles. The van der Waals surface area contributed by atoms with Gasteiger partial charge < -0.3 is 5.11 Å². The fourth-order valence-corrected chi connectivity index (χ4v) is 4.79. The molecule has 1 nitrogen and oxygen atoms in total. The van der Waals surface area contributed by atoms with Crippen molar-refractivity contribution in [1.82, 2.24) is 0 Å². The highest BCUT2D eigenvalue weighted by atomic mass is 16.3. The molecule has 0 aliphatic carbocycles. The fourth-order valence-electron chi connectivity index (χ4n) is 4.79. The summed E-state index contributed by atoms with van der Waals surface area (Å²) in [5.74, 6) is 0.544. The molecule has 0 spiro atoms. The molecule has 1 aromatic rings. The van der Waals surface area contributed by atoms with Gasteiger partial charge in [-0.2, -0.15) is 0 Å². The Morgan fingerprint density at radius 1 is 0.452 bits per heavy atom. The van der Waals surface area contributed by atoms with Crippen LogP contribution in [0.4, 0.5) is 0 Å². The molecular weight excluding hydrogens is 376 g/mol. The Labute approximate surface area is 195 Å². The van der Waals surface area contributed by atoms with Crippen LogP contribution in [0.25, 0.3) is 0 Å². The Kier molecular flexibility index (Phi) is 17.8. The van der Waals surface area contributed by atoms with E-state index < -0.39 is 0 Å². The fraction of sp³-hybridized carbons (Fsp3) is 0.800. The maximum atomic E-state index is 10.6. The van der Waals surface area contributed by atoms with Gasteiger partial charge in [-0.1, -0.05) is 123 Å². The monoisotopic (exact) mass is 430 g/mol. The second kappa shape index (κ2) is 19.7. The average Bonchev–Trinajstić information content (AvgIpc) is 2.78. The van der Waals surface area contributed by atoms with Crippen molar-refractivity contribution in [3.63, 3.8) is 0 Å². The summed E-state index contributed by atoms with van der Waals surface area (Å²) in [6.45, 7) is 6.83. The Bertz CT molecular complexity index is 533. The first kappa shape index (κ1) is 28.1. The van der Waals surface area contributed by atoms with Crippen LogP contribution in [0.15, 0.2) is 12.1 Å². The molecule has 0 saturated carbocycles. The molecule has 0 atom stereocenters. The zero-order chi connectivity index (χ0) is 22.6. The molecule has 0 bridgehead atoms. The quantitative estimate of drug-likeness (QED) is 0.192. The van der Waals surface area contributed by atoms with Crippen molar-refractivity contribution in [3.8, 4) is 5.75 Å². The summed E-state index contributed by atoms with van der Waals surface area (Å²) in [6, 6.07) is 4.20. The zero-order valence-electron chi connectivity index (χ0n) is 21.5. The van der Waals surface area contributed by atoms with Crippen LogP contribution in [-0.4, -0.2) is 5.11 Å². The molecule has 1 heteroatoms. The van der Waals surface area contributed by atoms with Crippen molar-refractivity contribution in [2.75, 3.05) is 0 Å². The lowest BCUT2D eigenvalue weighted by molar-refractivity contribution is 0.464. The molecule has 1 rings (SSSR count). The van der Waals surface area contributed by atoms with Gasteiger partial charge in [-0.3, -0.25) is 0 Å². The number of hydrogen-bond acceptors (Lipinski definition) is 1. The van der Waals surface area contributed by atoms with Gasteiger partial charge in [-0.05, 0) is 61.3 Å². The van der Waals surface area contributed by atoms with E-state index in [0.717, 1.165) is 12.8 Å². The van der Waals surface area contributed by atoms with Gasteiger partial charge in [0.25, 0.3) is 0 Å². The molecule has 31 heavy (non-hydrogen) atoms. The van der Waals surface area contributed by atoms with Crippen LogP contribution in [0, 0.1) is 0 Å². The number of aromatic hydroxyl groups is 1. The lowest BCUT2D eigenvalue weighted by Gasteiger charge is -2.17. The van der Waals surface area contributed by atoms with E-state index in [9.17, 15) is 5.11 Å². The maximum Gasteiger partial charge on any atom is 0.119 e. The number of unbranched alkanes of at least 4 members (excludes halogenated alkanes) is 15. The molecule has 0 aliphatic rings. The van der Waals surface area contributed by atoms with Gasteiger partial charge in [0.15, 0.2) is 0 Å². The topological polar surface area (TPSA) is 20.2 Å². The van der Waals surface area contributed by atoms with Crippen molar-refractivity contribution in [2.45, 2.75) is 156 Å². The first-order valence-electron chi connectivity index (χ1n) is 14.1. The second-order valence-electron chi connectivity index (χ2n) is 9.75. The molecule has 1 aromatic carbocycles. The minimum Gasteiger partial charge on any atom is -0.508 e. The minimum atomic E-state index is 0.544. The molecular formula is C30H54O. The van der Waals surface area contributed by atoms with Crippen LogP contribution in [0.5, 0.6) is 5.75 Å². The van der Waals surface area contributed by atoms with E-state index in [1.165, 1.54) is 139 Å². The van der Waals surface area contributed by atoms with Crippen molar-refractivity contribution < 1.29 is 5.11 Å². The van der Waals surface area contributed by atoms with Gasteiger partial charge in [-0.25, -0.2) is 0 Å². The Morgan fingerprint density at radius 3 is 1.39 bits per heavy atom. The smallest absolute Gasteiger partial charge is 0.119 e. The largest absolute Gasteiger partial charge is 0.508 e. The summed E-state index contributed by atoms with van der Waals surface area (Å²) in [5.41, 5.74) is 4.29. The van der Waals surface area contributed by atoms with E-state index in [1.54, 1.807) is 0 Å². The summed E-state index contributed by atoms with van der Waals surface area (Å²) >= 11 is 0. The highest BCUT2D eigenvalue weighted by Crippen LogP contribution is 2.29. The maximum absolute atomic E-state index is 10.6. The van der Waals surface area contributed by atoms with Crippen LogP contribution in [0.1, 0.15) is 153 Å². The number of hydrogen-bond donors (Lipinski definition) is 1. The lowest BCUT2D eigenvalue weighted by Crippen LogP contribution is -2.02. The highest BCUT2D eigenvalue weighted by Gasteiger charge is 2.13. The number of phenols is 1. The van der Waals surface area contributed by atoms with Crippen molar-refractivity contribution in [1.29, 1.82) is 0 Å². The molecule has 0 saturated heterocycles. The van der Waals surface area contributed by atoms with Gasteiger partial charge >= 0.3 is 0 Å². The average molecular weight is 431 g/mol. The van der Waals surface area contributed by atoms with Crippen molar-refractivity contribution in [2.24, 2.45) is 0 Å². The number of phenolic OH excluding ortho intramolecular Hbond substituents is 1. The number of benzene rings is 1. The third-order valence-electron chi connectivity index (χ3n) is 6.86. The first-order chi connectivity index (χ1) is 15.2. The summed E-state index contributed by atoms with van der Waals surface area (Å²) in [7, 11) is 0. The van der Waals surface area contributed by atoms with E-state index in [1.807, 2.05) is 6.07 Å². The summed E-state index contributed by atoms with van der Waals surface area (Å²) in [4.78, 5) is 0. The van der Waals surface area contributed by atoms with E-state index in [-0.39, 0.29) is 0 Å². The number of aryl methyl sites for hydroxylation is 1. The van der Waals surface area contributed by atoms with Crippen LogP contribution < -0.4 is 0 Å². The molecule has 0 aromatic heterocycles. The van der Waals surface area contributed by atoms with Gasteiger partial charge in [0.2, 0.25) is 0 Å². The van der Waals surface area contributed by atoms with Gasteiger partial charge in [0.1, 0.15) is 5.75 Å². The van der Waals surface area contributed by atoms with Crippen LogP contribution in [-0.2, 0) is 19.3 Å². The van der Waals surface area contributed by atoms with Crippen molar-refractivity contribution in [3.05, 3.63) is 28.8 Å². The zero-order valence-corrected chi connectivity index (χ0v) is 21.5. The molecule has 1 N–H and O–H groups in total. The predicted octanol–water partition coefficient (Wildman–Crippen LogP) is 10.1. The van der Waals surface area contributed by atoms with Gasteiger partial charge in [-0.15, -0.1) is 0 Å². The van der Waals surface area contributed by atoms with Crippen LogP contribution >= 0.6 is 0 Å². The molecule has 180 valence electrons. The van der Waals surface area contributed by atoms with Gasteiger partial charge in [0.05, 0.1) is 0 Å². The van der Waals surface area contributed by atoms with E-state index in [4.69, 9.17) is 0 Å². The summed E-state index contributed by atoms with van der Waals surface area (Å²) < 4.78 is 0. The third-order valence-corrected chi connectivity index (χ3v) is 6.86. The summed E-state index contributed by atoms with van der Waals surface area (Å²) in [5, 5.41) is 10.6. The Hall–Kier alpha value is -0.980. The molecule has 0 amide bonds. The standard InChI is InChI=1S/C30H54O/c1-4-7-10-12-14-16-18-20-22-27-25-26-30(31)29(23-9-6-3)28(27)24-21-19-17-15-13-11-8-5-2/h25-26,31H,4-24H2,1-3H3. The van der Waals surface area contributed by atoms with Crippen molar-refractivity contribution >= 4 is 0 Å². The highest BCUT2D eigenvalue weighted by molar-refractivity contribution is 5.45. The molecule has 0 heterocycles. The van der Waals surface area contributed by atoms with E-state index in [2.05, 4.69) is 26.8 Å². The lowest BCUT2D eigenvalue weighted by atomic mass is 9.89. The van der Waals surface area contributed by atoms with E-state index >= 15 is 0 Å². The number of rotatable bonds is 21. The third kappa shape index (κ3) is 13.2. The first-order valence-corrected chi connectivity index (χ1v) is 14.1. The molecule has 0 fully saturated rings. The molecule has 0 radical (unpaired) electrons. The van der Waals surface area contributed by atoms with Gasteiger partial charge in [0, 0.05) is 0 Å². The SMILES string of the molecule is CCCCCCCCCCc1ccc(O)c(CCCC)c1CCCCCCCCCC. The predicted molar refractivity (Wildman–Crippen MR) is 139 cm³/mol.